The van der Waals surface area contributed by atoms with Gasteiger partial charge < -0.3 is 25.0 Å². The van der Waals surface area contributed by atoms with Crippen LogP contribution in [0.4, 0.5) is 0 Å². The van der Waals surface area contributed by atoms with Crippen molar-refractivity contribution < 1.29 is 14.3 Å². The number of rotatable bonds is 7. The third kappa shape index (κ3) is 5.93. The summed E-state index contributed by atoms with van der Waals surface area (Å²) in [6.07, 6.45) is 2.37. The van der Waals surface area contributed by atoms with Gasteiger partial charge in [-0.2, -0.15) is 0 Å². The fourth-order valence-corrected chi connectivity index (χ4v) is 4.08. The largest absolute Gasteiger partial charge is 0.490 e. The highest BCUT2D eigenvalue weighted by Crippen LogP contribution is 2.30. The standard InChI is InChI=1S/C25H32N4O3/c1-26-25(27-16-20-8-9-22-23(14-20)32-13-5-12-31-22)28-17-21-15-24(30)29(18-21)11-10-19-6-3-2-4-7-19/h2-4,6-9,14,21H,5,10-13,15-18H2,1H3,(H2,26,27,28). The van der Waals surface area contributed by atoms with Crippen molar-refractivity contribution in [2.45, 2.75) is 25.8 Å². The predicted octanol–water partition coefficient (Wildman–Crippen LogP) is 2.60. The second-order valence-electron chi connectivity index (χ2n) is 8.28. The fraction of sp³-hybridized carbons (Fsp3) is 0.440. The first-order valence-electron chi connectivity index (χ1n) is 11.4. The van der Waals surface area contributed by atoms with Crippen molar-refractivity contribution in [1.82, 2.24) is 15.5 Å². The molecule has 1 amide bonds. The molecule has 2 heterocycles. The Morgan fingerprint density at radius 3 is 2.69 bits per heavy atom. The number of likely N-dealkylation sites (tertiary alicyclic amines) is 1. The van der Waals surface area contributed by atoms with Crippen LogP contribution >= 0.6 is 0 Å². The molecule has 170 valence electrons. The van der Waals surface area contributed by atoms with Gasteiger partial charge in [-0.05, 0) is 29.7 Å². The van der Waals surface area contributed by atoms with Gasteiger partial charge in [0, 0.05) is 52.0 Å². The van der Waals surface area contributed by atoms with Gasteiger partial charge in [0.2, 0.25) is 5.91 Å². The van der Waals surface area contributed by atoms with Crippen molar-refractivity contribution in [3.63, 3.8) is 0 Å². The first kappa shape index (κ1) is 22.0. The lowest BCUT2D eigenvalue weighted by Gasteiger charge is -2.18. The number of aliphatic imine (C=N–C) groups is 1. The van der Waals surface area contributed by atoms with Crippen LogP contribution in [0.1, 0.15) is 24.0 Å². The number of fused-ring (bicyclic) bond motifs is 1. The summed E-state index contributed by atoms with van der Waals surface area (Å²) in [6, 6.07) is 16.3. The number of carbonyl (C=O) groups excluding carboxylic acids is 1. The van der Waals surface area contributed by atoms with Crippen LogP contribution in [0.2, 0.25) is 0 Å². The van der Waals surface area contributed by atoms with Crippen molar-refractivity contribution in [3.05, 3.63) is 59.7 Å². The Labute approximate surface area is 189 Å². The number of nitrogens with one attached hydrogen (secondary N) is 2. The molecule has 0 bridgehead atoms. The van der Waals surface area contributed by atoms with Crippen molar-refractivity contribution >= 4 is 11.9 Å². The molecule has 7 heteroatoms. The molecule has 2 aromatic rings. The summed E-state index contributed by atoms with van der Waals surface area (Å²) in [5, 5.41) is 6.72. The summed E-state index contributed by atoms with van der Waals surface area (Å²) in [5.41, 5.74) is 2.36. The monoisotopic (exact) mass is 436 g/mol. The number of nitrogens with zero attached hydrogens (tertiary/aromatic N) is 2. The number of amides is 1. The van der Waals surface area contributed by atoms with E-state index in [-0.39, 0.29) is 11.8 Å². The molecular formula is C25H32N4O3. The van der Waals surface area contributed by atoms with Crippen LogP contribution in [0.15, 0.2) is 53.5 Å². The fourth-order valence-electron chi connectivity index (χ4n) is 4.08. The number of ether oxygens (including phenoxy) is 2. The van der Waals surface area contributed by atoms with Gasteiger partial charge in [-0.15, -0.1) is 0 Å². The van der Waals surface area contributed by atoms with Gasteiger partial charge in [-0.3, -0.25) is 9.79 Å². The van der Waals surface area contributed by atoms with E-state index in [1.165, 1.54) is 5.56 Å². The minimum absolute atomic E-state index is 0.239. The average molecular weight is 437 g/mol. The van der Waals surface area contributed by atoms with Gasteiger partial charge in [-0.1, -0.05) is 36.4 Å². The lowest BCUT2D eigenvalue weighted by molar-refractivity contribution is -0.127. The molecule has 1 fully saturated rings. The summed E-state index contributed by atoms with van der Waals surface area (Å²) in [4.78, 5) is 18.7. The number of benzene rings is 2. The first-order valence-corrected chi connectivity index (χ1v) is 11.4. The molecule has 2 aromatic carbocycles. The van der Waals surface area contributed by atoms with Gasteiger partial charge in [0.25, 0.3) is 0 Å². The predicted molar refractivity (Wildman–Crippen MR) is 125 cm³/mol. The summed E-state index contributed by atoms with van der Waals surface area (Å²) < 4.78 is 11.5. The maximum atomic E-state index is 12.4. The molecule has 1 atom stereocenters. The molecule has 7 nitrogen and oxygen atoms in total. The van der Waals surface area contributed by atoms with Crippen molar-refractivity contribution in [2.75, 3.05) is 39.9 Å². The Kier molecular flexibility index (Phi) is 7.48. The first-order chi connectivity index (χ1) is 15.7. The topological polar surface area (TPSA) is 75.2 Å². The van der Waals surface area contributed by atoms with Crippen LogP contribution in [0, 0.1) is 5.92 Å². The second-order valence-corrected chi connectivity index (χ2v) is 8.28. The van der Waals surface area contributed by atoms with E-state index in [2.05, 4.69) is 27.8 Å². The number of carbonyl (C=O) groups is 1. The Morgan fingerprint density at radius 2 is 1.88 bits per heavy atom. The minimum Gasteiger partial charge on any atom is -0.490 e. The lowest BCUT2D eigenvalue weighted by Crippen LogP contribution is -2.40. The normalized spacial score (nSPS) is 18.4. The van der Waals surface area contributed by atoms with E-state index in [0.717, 1.165) is 49.0 Å². The molecular weight excluding hydrogens is 404 g/mol. The third-order valence-corrected chi connectivity index (χ3v) is 5.86. The van der Waals surface area contributed by atoms with E-state index in [9.17, 15) is 4.79 Å². The molecule has 0 saturated carbocycles. The van der Waals surface area contributed by atoms with Crippen LogP contribution in [-0.4, -0.2) is 56.7 Å². The van der Waals surface area contributed by atoms with Crippen LogP contribution in [0.3, 0.4) is 0 Å². The Bertz CT molecular complexity index is 932. The Balaban J connectivity index is 1.22. The zero-order valence-corrected chi connectivity index (χ0v) is 18.7. The zero-order valence-electron chi connectivity index (χ0n) is 18.7. The zero-order chi connectivity index (χ0) is 22.2. The SMILES string of the molecule is CN=C(NCc1ccc2c(c1)OCCCO2)NCC1CC(=O)N(CCc2ccccc2)C1. The van der Waals surface area contributed by atoms with Crippen molar-refractivity contribution in [3.8, 4) is 11.5 Å². The summed E-state index contributed by atoms with van der Waals surface area (Å²) >= 11 is 0. The van der Waals surface area contributed by atoms with E-state index in [0.29, 0.717) is 32.7 Å². The molecule has 2 aliphatic rings. The van der Waals surface area contributed by atoms with Gasteiger partial charge in [-0.25, -0.2) is 0 Å². The van der Waals surface area contributed by atoms with E-state index in [1.807, 2.05) is 41.3 Å². The van der Waals surface area contributed by atoms with Crippen LogP contribution in [-0.2, 0) is 17.8 Å². The molecule has 2 N–H and O–H groups in total. The van der Waals surface area contributed by atoms with Gasteiger partial charge in [0.1, 0.15) is 0 Å². The molecule has 1 unspecified atom stereocenters. The van der Waals surface area contributed by atoms with Crippen LogP contribution in [0.25, 0.3) is 0 Å². The maximum absolute atomic E-state index is 12.4. The highest BCUT2D eigenvalue weighted by Gasteiger charge is 2.29. The highest BCUT2D eigenvalue weighted by atomic mass is 16.5. The molecule has 0 aromatic heterocycles. The smallest absolute Gasteiger partial charge is 0.223 e. The van der Waals surface area contributed by atoms with Crippen molar-refractivity contribution in [1.29, 1.82) is 0 Å². The quantitative estimate of drug-likeness (QED) is 0.516. The van der Waals surface area contributed by atoms with Gasteiger partial charge in [0.05, 0.1) is 13.2 Å². The Hall–Kier alpha value is -3.22. The molecule has 32 heavy (non-hydrogen) atoms. The third-order valence-electron chi connectivity index (χ3n) is 5.86. The molecule has 2 aliphatic heterocycles. The highest BCUT2D eigenvalue weighted by molar-refractivity contribution is 5.80. The number of guanidine groups is 1. The van der Waals surface area contributed by atoms with Crippen molar-refractivity contribution in [2.24, 2.45) is 10.9 Å². The number of hydrogen-bond acceptors (Lipinski definition) is 4. The minimum atomic E-state index is 0.239. The maximum Gasteiger partial charge on any atom is 0.223 e. The molecule has 0 spiro atoms. The molecule has 1 saturated heterocycles. The summed E-state index contributed by atoms with van der Waals surface area (Å²) in [5.74, 6) is 2.85. The Morgan fingerprint density at radius 1 is 1.06 bits per heavy atom. The van der Waals surface area contributed by atoms with Crippen LogP contribution < -0.4 is 20.1 Å². The molecule has 0 aliphatic carbocycles. The molecule has 0 radical (unpaired) electrons. The van der Waals surface area contributed by atoms with E-state index in [1.54, 1.807) is 7.05 Å². The van der Waals surface area contributed by atoms with E-state index >= 15 is 0 Å². The molecule has 4 rings (SSSR count). The van der Waals surface area contributed by atoms with Crippen LogP contribution in [0.5, 0.6) is 11.5 Å². The second kappa shape index (κ2) is 10.9. The summed E-state index contributed by atoms with van der Waals surface area (Å²) in [6.45, 7) is 4.27. The van der Waals surface area contributed by atoms with Gasteiger partial charge >= 0.3 is 0 Å². The van der Waals surface area contributed by atoms with E-state index < -0.39 is 0 Å². The number of hydrogen-bond donors (Lipinski definition) is 2. The van der Waals surface area contributed by atoms with Gasteiger partial charge in [0.15, 0.2) is 17.5 Å². The average Bonchev–Trinajstić information content (AvgIpc) is 3.02. The summed E-state index contributed by atoms with van der Waals surface area (Å²) in [7, 11) is 1.76. The van der Waals surface area contributed by atoms with E-state index in [4.69, 9.17) is 9.47 Å². The lowest BCUT2D eigenvalue weighted by atomic mass is 10.1.